The van der Waals surface area contributed by atoms with E-state index in [1.165, 1.54) is 6.07 Å². The average Bonchev–Trinajstić information content (AvgIpc) is 2.19. The van der Waals surface area contributed by atoms with Crippen molar-refractivity contribution >= 4 is 28.6 Å². The molecule has 9 heteroatoms. The maximum absolute atomic E-state index is 12.1. The van der Waals surface area contributed by atoms with E-state index in [4.69, 9.17) is 10.8 Å². The van der Waals surface area contributed by atoms with Crippen LogP contribution in [0.5, 0.6) is 5.88 Å². The number of rotatable bonds is 4. The molecular weight excluding hydrogens is 368 g/mol. The second-order valence-corrected chi connectivity index (χ2v) is 4.37. The van der Waals surface area contributed by atoms with E-state index in [1.807, 2.05) is 0 Å². The van der Waals surface area contributed by atoms with Crippen LogP contribution in [0.2, 0.25) is 0 Å². The third-order valence-corrected chi connectivity index (χ3v) is 2.64. The van der Waals surface area contributed by atoms with Crippen LogP contribution in [0.25, 0.3) is 0 Å². The molecule has 1 heterocycles. The molecule has 0 amide bonds. The Morgan fingerprint density at radius 2 is 2.17 bits per heavy atom. The normalized spacial score (nSPS) is 11.4. The zero-order chi connectivity index (χ0) is 13.9. The van der Waals surface area contributed by atoms with Crippen LogP contribution >= 0.6 is 22.6 Å². The molecule has 0 bridgehead atoms. The molecule has 0 atom stereocenters. The van der Waals surface area contributed by atoms with Crippen molar-refractivity contribution in [2.24, 2.45) is 5.73 Å². The van der Waals surface area contributed by atoms with E-state index in [-0.39, 0.29) is 15.8 Å². The summed E-state index contributed by atoms with van der Waals surface area (Å²) >= 11 is 1.61. The highest BCUT2D eigenvalue weighted by Gasteiger charge is 2.33. The monoisotopic (exact) mass is 376 g/mol. The maximum Gasteiger partial charge on any atom is 0.574 e. The Bertz CT molecular complexity index is 465. The molecule has 100 valence electrons. The number of hydrogen-bond donors (Lipinski definition) is 2. The van der Waals surface area contributed by atoms with Crippen molar-refractivity contribution in [2.45, 2.75) is 19.3 Å². The summed E-state index contributed by atoms with van der Waals surface area (Å²) in [5.74, 6) is -1.88. The van der Waals surface area contributed by atoms with E-state index >= 15 is 0 Å². The van der Waals surface area contributed by atoms with Crippen molar-refractivity contribution in [3.05, 3.63) is 20.9 Å². The van der Waals surface area contributed by atoms with Crippen molar-refractivity contribution in [1.29, 1.82) is 0 Å². The van der Waals surface area contributed by atoms with Crippen LogP contribution in [0.3, 0.4) is 0 Å². The van der Waals surface area contributed by atoms with Gasteiger partial charge in [-0.3, -0.25) is 4.79 Å². The van der Waals surface area contributed by atoms with Gasteiger partial charge in [0.15, 0.2) is 0 Å². The van der Waals surface area contributed by atoms with Gasteiger partial charge >= 0.3 is 12.3 Å². The van der Waals surface area contributed by atoms with Crippen molar-refractivity contribution in [1.82, 2.24) is 4.98 Å². The van der Waals surface area contributed by atoms with Crippen molar-refractivity contribution in [3.63, 3.8) is 0 Å². The Morgan fingerprint density at radius 1 is 1.56 bits per heavy atom. The molecule has 0 aliphatic heterocycles. The number of nitrogens with zero attached hydrogens (tertiary/aromatic N) is 1. The number of hydrogen-bond acceptors (Lipinski definition) is 4. The van der Waals surface area contributed by atoms with Crippen LogP contribution in [0.15, 0.2) is 6.07 Å². The van der Waals surface area contributed by atoms with Crippen LogP contribution in [-0.4, -0.2) is 22.4 Å². The highest BCUT2D eigenvalue weighted by atomic mass is 127. The fourth-order valence-corrected chi connectivity index (χ4v) is 1.81. The van der Waals surface area contributed by atoms with Gasteiger partial charge in [0.25, 0.3) is 0 Å². The van der Waals surface area contributed by atoms with Crippen LogP contribution in [0.4, 0.5) is 13.2 Å². The smallest absolute Gasteiger partial charge is 0.481 e. The van der Waals surface area contributed by atoms with Gasteiger partial charge < -0.3 is 15.6 Å². The largest absolute Gasteiger partial charge is 0.574 e. The van der Waals surface area contributed by atoms with Gasteiger partial charge in [-0.2, -0.15) is 0 Å². The third kappa shape index (κ3) is 4.29. The molecule has 0 saturated heterocycles. The maximum atomic E-state index is 12.1. The van der Waals surface area contributed by atoms with E-state index in [0.29, 0.717) is 5.56 Å². The lowest BCUT2D eigenvalue weighted by Gasteiger charge is -2.12. The first kappa shape index (κ1) is 15.0. The summed E-state index contributed by atoms with van der Waals surface area (Å²) in [7, 11) is 0. The number of pyridine rings is 1. The molecule has 1 rings (SSSR count). The zero-order valence-corrected chi connectivity index (χ0v) is 10.9. The summed E-state index contributed by atoms with van der Waals surface area (Å²) in [4.78, 5) is 14.1. The Hall–Kier alpha value is -1.10. The van der Waals surface area contributed by atoms with Crippen LogP contribution in [0, 0.1) is 3.57 Å². The molecule has 0 radical (unpaired) electrons. The quantitative estimate of drug-likeness (QED) is 0.782. The molecular formula is C9H8F3IN2O3. The number of halogens is 4. The van der Waals surface area contributed by atoms with E-state index in [1.54, 1.807) is 22.6 Å². The number of aliphatic carboxylic acids is 1. The van der Waals surface area contributed by atoms with E-state index in [9.17, 15) is 18.0 Å². The van der Waals surface area contributed by atoms with Crippen LogP contribution in [0.1, 0.15) is 11.3 Å². The molecule has 0 aliphatic carbocycles. The summed E-state index contributed by atoms with van der Waals surface area (Å²) in [5.41, 5.74) is 5.71. The van der Waals surface area contributed by atoms with Gasteiger partial charge in [0, 0.05) is 6.54 Å². The predicted molar refractivity (Wildman–Crippen MR) is 62.9 cm³/mol. The van der Waals surface area contributed by atoms with Gasteiger partial charge in [0.1, 0.15) is 0 Å². The first-order valence-electron chi connectivity index (χ1n) is 4.59. The average molecular weight is 376 g/mol. The molecule has 3 N–H and O–H groups in total. The summed E-state index contributed by atoms with van der Waals surface area (Å²) in [6.45, 7) is -0.0160. The molecule has 1 aromatic rings. The molecule has 0 fully saturated rings. The van der Waals surface area contributed by atoms with Gasteiger partial charge in [-0.05, 0) is 34.2 Å². The predicted octanol–water partition coefficient (Wildman–Crippen LogP) is 1.67. The fourth-order valence-electron chi connectivity index (χ4n) is 1.20. The minimum atomic E-state index is -4.88. The lowest BCUT2D eigenvalue weighted by atomic mass is 10.1. The standard InChI is InChI=1S/C9H8F3IN2O3/c10-9(11,12)18-8-5(13)1-4(3-14)6(15-8)2-7(16)17/h1H,2-3,14H2,(H,16,17). The van der Waals surface area contributed by atoms with Gasteiger partial charge in [0.05, 0.1) is 15.7 Å². The van der Waals surface area contributed by atoms with Crippen LogP contribution in [-0.2, 0) is 17.8 Å². The minimum Gasteiger partial charge on any atom is -0.481 e. The molecule has 5 nitrogen and oxygen atoms in total. The fraction of sp³-hybridized carbons (Fsp3) is 0.333. The highest BCUT2D eigenvalue weighted by molar-refractivity contribution is 14.1. The number of carbonyl (C=O) groups is 1. The lowest BCUT2D eigenvalue weighted by molar-refractivity contribution is -0.276. The van der Waals surface area contributed by atoms with Crippen molar-refractivity contribution < 1.29 is 27.8 Å². The summed E-state index contributed by atoms with van der Waals surface area (Å²) in [5, 5.41) is 8.63. The van der Waals surface area contributed by atoms with Gasteiger partial charge in [-0.25, -0.2) is 4.98 Å². The van der Waals surface area contributed by atoms with Gasteiger partial charge in [-0.1, -0.05) is 0 Å². The number of carboxylic acids is 1. The summed E-state index contributed by atoms with van der Waals surface area (Å²) < 4.78 is 40.1. The Morgan fingerprint density at radius 3 is 2.61 bits per heavy atom. The molecule has 0 saturated carbocycles. The Labute approximate surface area is 113 Å². The second kappa shape index (κ2) is 5.69. The van der Waals surface area contributed by atoms with Crippen molar-refractivity contribution in [2.75, 3.05) is 0 Å². The van der Waals surface area contributed by atoms with Crippen LogP contribution < -0.4 is 10.5 Å². The molecule has 0 aliphatic rings. The molecule has 1 aromatic heterocycles. The van der Waals surface area contributed by atoms with Gasteiger partial charge in [0.2, 0.25) is 5.88 Å². The van der Waals surface area contributed by atoms with E-state index in [0.717, 1.165) is 0 Å². The van der Waals surface area contributed by atoms with E-state index < -0.39 is 24.6 Å². The molecule has 0 aromatic carbocycles. The number of nitrogens with two attached hydrogens (primary N) is 1. The summed E-state index contributed by atoms with van der Waals surface area (Å²) in [6, 6.07) is 1.33. The molecule has 0 spiro atoms. The third-order valence-electron chi connectivity index (χ3n) is 1.86. The number of carboxylic acid groups (broad SMARTS) is 1. The highest BCUT2D eigenvalue weighted by Crippen LogP contribution is 2.27. The minimum absolute atomic E-state index is 0.0160. The zero-order valence-electron chi connectivity index (χ0n) is 8.79. The molecule has 18 heavy (non-hydrogen) atoms. The lowest BCUT2D eigenvalue weighted by Crippen LogP contribution is -2.20. The molecule has 0 unspecified atom stereocenters. The Balaban J connectivity index is 3.16. The van der Waals surface area contributed by atoms with Crippen molar-refractivity contribution in [3.8, 4) is 5.88 Å². The number of alkyl halides is 3. The Kier molecular flexibility index (Phi) is 4.73. The topological polar surface area (TPSA) is 85.4 Å². The van der Waals surface area contributed by atoms with E-state index in [2.05, 4.69) is 9.72 Å². The SMILES string of the molecule is NCc1cc(I)c(OC(F)(F)F)nc1CC(=O)O. The second-order valence-electron chi connectivity index (χ2n) is 3.20. The number of ether oxygens (including phenoxy) is 1. The summed E-state index contributed by atoms with van der Waals surface area (Å²) in [6.07, 6.45) is -5.39. The number of aromatic nitrogens is 1. The first-order chi connectivity index (χ1) is 8.23. The van der Waals surface area contributed by atoms with Gasteiger partial charge in [-0.15, -0.1) is 13.2 Å². The first-order valence-corrected chi connectivity index (χ1v) is 5.66.